The van der Waals surface area contributed by atoms with E-state index < -0.39 is 23.6 Å². The number of fused-ring (bicyclic) bond motifs is 2. The van der Waals surface area contributed by atoms with E-state index in [4.69, 9.17) is 9.40 Å². The van der Waals surface area contributed by atoms with Crippen molar-refractivity contribution >= 4 is 39.9 Å². The van der Waals surface area contributed by atoms with Crippen molar-refractivity contribution in [3.05, 3.63) is 90.0 Å². The number of para-hydroxylation sites is 3. The van der Waals surface area contributed by atoms with Gasteiger partial charge >= 0.3 is 12.4 Å². The highest BCUT2D eigenvalue weighted by atomic mass is 19.4. The average Bonchev–Trinajstić information content (AvgIpc) is 3.50. The Bertz CT molecular complexity index is 1850. The standard InChI is InChI=1S/C32H27F3N4O4/c1-18-7-6-9-23-28(18)42-29(37-23)21-15-16-25(40)27-26(21)31(2,3)17-39(27)24-10-5-4-8-22(24)38-30(41)36-19-11-13-20(14-12-19)43-32(33,34)35/h4-16,40H,17H2,1-3H3,(H2,36,38,41). The van der Waals surface area contributed by atoms with Crippen LogP contribution in [0.1, 0.15) is 25.0 Å². The van der Waals surface area contributed by atoms with Gasteiger partial charge in [0.1, 0.15) is 17.0 Å². The largest absolute Gasteiger partial charge is 0.573 e. The van der Waals surface area contributed by atoms with Crippen LogP contribution in [0, 0.1) is 6.92 Å². The van der Waals surface area contributed by atoms with Gasteiger partial charge in [-0.05, 0) is 72.6 Å². The number of rotatable bonds is 5. The Morgan fingerprint density at radius 1 is 1.00 bits per heavy atom. The van der Waals surface area contributed by atoms with E-state index >= 15 is 0 Å². The van der Waals surface area contributed by atoms with Crippen LogP contribution < -0.4 is 20.3 Å². The van der Waals surface area contributed by atoms with Crippen LogP contribution in [0.2, 0.25) is 0 Å². The van der Waals surface area contributed by atoms with Crippen LogP contribution in [0.5, 0.6) is 11.5 Å². The molecule has 6 rings (SSSR count). The molecule has 11 heteroatoms. The molecular formula is C32H27F3N4O4. The third-order valence-corrected chi connectivity index (χ3v) is 7.29. The number of aryl methyl sites for hydroxylation is 1. The van der Waals surface area contributed by atoms with E-state index in [2.05, 4.69) is 29.2 Å². The lowest BCUT2D eigenvalue weighted by Gasteiger charge is -2.25. The van der Waals surface area contributed by atoms with Gasteiger partial charge in [0, 0.05) is 23.2 Å². The lowest BCUT2D eigenvalue weighted by atomic mass is 9.83. The second kappa shape index (κ2) is 10.3. The molecule has 1 aliphatic rings. The molecule has 0 bridgehead atoms. The van der Waals surface area contributed by atoms with Gasteiger partial charge in [-0.3, -0.25) is 0 Å². The molecule has 3 N–H and O–H groups in total. The molecule has 0 fully saturated rings. The van der Waals surface area contributed by atoms with Crippen molar-refractivity contribution in [2.75, 3.05) is 22.1 Å². The number of carbonyl (C=O) groups is 1. The number of hydrogen-bond donors (Lipinski definition) is 3. The molecule has 43 heavy (non-hydrogen) atoms. The number of urea groups is 1. The number of oxazole rings is 1. The average molecular weight is 589 g/mol. The monoisotopic (exact) mass is 588 g/mol. The number of benzene rings is 4. The predicted molar refractivity (Wildman–Crippen MR) is 158 cm³/mol. The zero-order chi connectivity index (χ0) is 30.5. The number of halogens is 3. The molecule has 5 aromatic rings. The summed E-state index contributed by atoms with van der Waals surface area (Å²) in [5.41, 5.74) is 5.54. The normalized spacial score (nSPS) is 14.0. The Morgan fingerprint density at radius 2 is 1.74 bits per heavy atom. The summed E-state index contributed by atoms with van der Waals surface area (Å²) in [6, 6.07) is 20.6. The maximum Gasteiger partial charge on any atom is 0.573 e. The molecule has 0 atom stereocenters. The van der Waals surface area contributed by atoms with Gasteiger partial charge in [-0.15, -0.1) is 13.2 Å². The molecule has 1 aromatic heterocycles. The highest BCUT2D eigenvalue weighted by Gasteiger charge is 2.41. The SMILES string of the molecule is Cc1cccc2nc(-c3ccc(O)c4c3C(C)(C)CN4c3ccccc3NC(=O)Nc3ccc(OC(F)(F)F)cc3)oc12. The smallest absolute Gasteiger partial charge is 0.506 e. The number of aromatic hydroxyl groups is 1. The quantitative estimate of drug-likeness (QED) is 0.190. The van der Waals surface area contributed by atoms with Crippen molar-refractivity contribution in [2.24, 2.45) is 0 Å². The van der Waals surface area contributed by atoms with E-state index in [0.717, 1.165) is 34.3 Å². The zero-order valence-corrected chi connectivity index (χ0v) is 23.4. The van der Waals surface area contributed by atoms with Crippen molar-refractivity contribution in [2.45, 2.75) is 32.5 Å². The van der Waals surface area contributed by atoms with E-state index in [1.54, 1.807) is 18.2 Å². The lowest BCUT2D eigenvalue weighted by molar-refractivity contribution is -0.274. The fourth-order valence-electron chi connectivity index (χ4n) is 5.52. The number of amides is 2. The van der Waals surface area contributed by atoms with Gasteiger partial charge in [0.2, 0.25) is 5.89 Å². The number of aromatic nitrogens is 1. The van der Waals surface area contributed by atoms with Crippen molar-refractivity contribution in [3.8, 4) is 23.0 Å². The Kier molecular flexibility index (Phi) is 6.67. The van der Waals surface area contributed by atoms with Crippen LogP contribution in [0.3, 0.4) is 0 Å². The van der Waals surface area contributed by atoms with Gasteiger partial charge in [-0.1, -0.05) is 38.1 Å². The summed E-state index contributed by atoms with van der Waals surface area (Å²) >= 11 is 0. The first kappa shape index (κ1) is 28.0. The topological polar surface area (TPSA) is 99.9 Å². The lowest BCUT2D eigenvalue weighted by Crippen LogP contribution is -2.27. The highest BCUT2D eigenvalue weighted by molar-refractivity contribution is 6.03. The molecule has 0 saturated carbocycles. The van der Waals surface area contributed by atoms with Gasteiger partial charge in [-0.2, -0.15) is 0 Å². The second-order valence-corrected chi connectivity index (χ2v) is 10.9. The maximum atomic E-state index is 12.9. The molecule has 0 radical (unpaired) electrons. The molecule has 8 nitrogen and oxygen atoms in total. The van der Waals surface area contributed by atoms with Crippen LogP contribution >= 0.6 is 0 Å². The molecular weight excluding hydrogens is 561 g/mol. The van der Waals surface area contributed by atoms with Gasteiger partial charge < -0.3 is 29.8 Å². The fraction of sp³-hybridized carbons (Fsp3) is 0.188. The van der Waals surface area contributed by atoms with Gasteiger partial charge in [0.05, 0.1) is 17.1 Å². The number of ether oxygens (including phenoxy) is 1. The number of phenols is 1. The van der Waals surface area contributed by atoms with Crippen molar-refractivity contribution < 1.29 is 32.2 Å². The minimum Gasteiger partial charge on any atom is -0.506 e. The van der Waals surface area contributed by atoms with Crippen LogP contribution in [0.15, 0.2) is 83.3 Å². The third kappa shape index (κ3) is 5.41. The molecule has 0 aliphatic carbocycles. The van der Waals surface area contributed by atoms with E-state index in [1.165, 1.54) is 12.1 Å². The predicted octanol–water partition coefficient (Wildman–Crippen LogP) is 8.48. The van der Waals surface area contributed by atoms with Crippen LogP contribution in [-0.4, -0.2) is 29.0 Å². The summed E-state index contributed by atoms with van der Waals surface area (Å²) in [6.07, 6.45) is -4.81. The number of nitrogens with one attached hydrogen (secondary N) is 2. The van der Waals surface area contributed by atoms with Crippen molar-refractivity contribution in [1.82, 2.24) is 4.98 Å². The number of anilines is 4. The van der Waals surface area contributed by atoms with Crippen LogP contribution in [-0.2, 0) is 5.41 Å². The fourth-order valence-corrected chi connectivity index (χ4v) is 5.52. The Balaban J connectivity index is 1.31. The molecule has 2 heterocycles. The highest BCUT2D eigenvalue weighted by Crippen LogP contribution is 2.53. The van der Waals surface area contributed by atoms with Crippen molar-refractivity contribution in [1.29, 1.82) is 0 Å². The van der Waals surface area contributed by atoms with Crippen LogP contribution in [0.25, 0.3) is 22.6 Å². The second-order valence-electron chi connectivity index (χ2n) is 10.9. The zero-order valence-electron chi connectivity index (χ0n) is 23.4. The molecule has 0 saturated heterocycles. The van der Waals surface area contributed by atoms with Crippen LogP contribution in [0.4, 0.5) is 40.7 Å². The molecule has 220 valence electrons. The minimum absolute atomic E-state index is 0.0667. The summed E-state index contributed by atoms with van der Waals surface area (Å²) in [7, 11) is 0. The first-order chi connectivity index (χ1) is 20.4. The summed E-state index contributed by atoms with van der Waals surface area (Å²) in [4.78, 5) is 19.6. The minimum atomic E-state index is -4.81. The summed E-state index contributed by atoms with van der Waals surface area (Å²) in [5.74, 6) is 0.122. The third-order valence-electron chi connectivity index (χ3n) is 7.29. The van der Waals surface area contributed by atoms with Gasteiger partial charge in [0.15, 0.2) is 5.58 Å². The molecule has 0 spiro atoms. The van der Waals surface area contributed by atoms with E-state index in [9.17, 15) is 23.1 Å². The molecule has 1 aliphatic heterocycles. The number of carbonyl (C=O) groups excluding carboxylic acids is 1. The number of nitrogens with zero attached hydrogens (tertiary/aromatic N) is 2. The number of phenolic OH excluding ortho intramolecular Hbond substituents is 1. The van der Waals surface area contributed by atoms with Gasteiger partial charge in [-0.25, -0.2) is 9.78 Å². The van der Waals surface area contributed by atoms with Crippen molar-refractivity contribution in [3.63, 3.8) is 0 Å². The first-order valence-corrected chi connectivity index (χ1v) is 13.4. The maximum absolute atomic E-state index is 12.9. The van der Waals surface area contributed by atoms with E-state index in [-0.39, 0.29) is 11.4 Å². The number of alkyl halides is 3. The van der Waals surface area contributed by atoms with E-state index in [1.807, 2.05) is 48.2 Å². The Hall–Kier alpha value is -5.19. The van der Waals surface area contributed by atoms with E-state index in [0.29, 0.717) is 35.1 Å². The first-order valence-electron chi connectivity index (χ1n) is 13.4. The summed E-state index contributed by atoms with van der Waals surface area (Å²) in [5, 5.41) is 16.6. The van der Waals surface area contributed by atoms with Gasteiger partial charge in [0.25, 0.3) is 0 Å². The molecule has 2 amide bonds. The Labute approximate surface area is 244 Å². The molecule has 0 unspecified atom stereocenters. The number of hydrogen-bond acceptors (Lipinski definition) is 6. The summed E-state index contributed by atoms with van der Waals surface area (Å²) in [6.45, 7) is 6.57. The molecule has 4 aromatic carbocycles. The summed E-state index contributed by atoms with van der Waals surface area (Å²) < 4.78 is 47.5. The Morgan fingerprint density at radius 3 is 2.47 bits per heavy atom.